The number of halogens is 1. The fourth-order valence-electron chi connectivity index (χ4n) is 1.97. The van der Waals surface area contributed by atoms with E-state index in [9.17, 15) is 9.18 Å². The van der Waals surface area contributed by atoms with Gasteiger partial charge >= 0.3 is 0 Å². The predicted octanol–water partition coefficient (Wildman–Crippen LogP) is 4.17. The number of carbonyl (C=O) groups is 1. The van der Waals surface area contributed by atoms with Gasteiger partial charge in [-0.15, -0.1) is 11.3 Å². The van der Waals surface area contributed by atoms with Crippen molar-refractivity contribution in [3.8, 4) is 5.75 Å². The van der Waals surface area contributed by atoms with Crippen molar-refractivity contribution >= 4 is 44.9 Å². The Labute approximate surface area is 140 Å². The minimum absolute atomic E-state index is 0.180. The molecule has 1 amide bonds. The molecule has 2 aromatic carbocycles. The summed E-state index contributed by atoms with van der Waals surface area (Å²) in [6.07, 6.45) is 1.98. The molecular formula is C16H13FN2O2S2. The molecular weight excluding hydrogens is 335 g/mol. The predicted molar refractivity (Wildman–Crippen MR) is 91.9 cm³/mol. The summed E-state index contributed by atoms with van der Waals surface area (Å²) in [5.41, 5.74) is 1.59. The number of thiazole rings is 1. The summed E-state index contributed by atoms with van der Waals surface area (Å²) < 4.78 is 20.3. The van der Waals surface area contributed by atoms with Gasteiger partial charge < -0.3 is 10.1 Å². The first kappa shape index (κ1) is 15.8. The van der Waals surface area contributed by atoms with Crippen molar-refractivity contribution in [2.75, 3.05) is 18.2 Å². The summed E-state index contributed by atoms with van der Waals surface area (Å²) in [5.74, 6) is -0.381. The highest BCUT2D eigenvalue weighted by Crippen LogP contribution is 2.29. The van der Waals surface area contributed by atoms with Crippen LogP contribution in [-0.4, -0.2) is 23.8 Å². The van der Waals surface area contributed by atoms with Crippen LogP contribution in [0.2, 0.25) is 0 Å². The van der Waals surface area contributed by atoms with Crippen LogP contribution in [0.3, 0.4) is 0 Å². The highest BCUT2D eigenvalue weighted by molar-refractivity contribution is 8.00. The normalized spacial score (nSPS) is 10.7. The van der Waals surface area contributed by atoms with Crippen LogP contribution >= 0.6 is 23.1 Å². The second-order valence-electron chi connectivity index (χ2n) is 4.66. The van der Waals surface area contributed by atoms with Gasteiger partial charge in [0.05, 0.1) is 10.2 Å². The highest BCUT2D eigenvalue weighted by Gasteiger charge is 2.07. The molecule has 0 spiro atoms. The lowest BCUT2D eigenvalue weighted by atomic mass is 10.3. The first-order valence-electron chi connectivity index (χ1n) is 6.77. The molecule has 0 atom stereocenters. The standard InChI is InChI=1S/C16H13FN2O2S2/c1-22-16-19-13-6-5-11(8-14(13)23-16)18-15(20)9-21-12-4-2-3-10(17)7-12/h2-8H,9H2,1H3,(H,18,20). The number of amides is 1. The molecule has 23 heavy (non-hydrogen) atoms. The number of thioether (sulfide) groups is 1. The molecule has 0 aliphatic rings. The number of anilines is 1. The molecule has 0 fully saturated rings. The van der Waals surface area contributed by atoms with E-state index in [4.69, 9.17) is 4.74 Å². The van der Waals surface area contributed by atoms with E-state index in [1.807, 2.05) is 18.4 Å². The number of hydrogen-bond donors (Lipinski definition) is 1. The lowest BCUT2D eigenvalue weighted by Gasteiger charge is -2.07. The third kappa shape index (κ3) is 4.00. The minimum Gasteiger partial charge on any atom is -0.484 e. The van der Waals surface area contributed by atoms with Gasteiger partial charge in [0.2, 0.25) is 0 Å². The zero-order valence-corrected chi connectivity index (χ0v) is 13.8. The monoisotopic (exact) mass is 348 g/mol. The number of fused-ring (bicyclic) bond motifs is 1. The van der Waals surface area contributed by atoms with Crippen LogP contribution in [0.5, 0.6) is 5.75 Å². The van der Waals surface area contributed by atoms with Crippen LogP contribution in [0, 0.1) is 5.82 Å². The first-order chi connectivity index (χ1) is 11.1. The lowest BCUT2D eigenvalue weighted by Crippen LogP contribution is -2.20. The quantitative estimate of drug-likeness (QED) is 0.703. The van der Waals surface area contributed by atoms with Crippen molar-refractivity contribution < 1.29 is 13.9 Å². The van der Waals surface area contributed by atoms with E-state index in [0.717, 1.165) is 14.6 Å². The lowest BCUT2D eigenvalue weighted by molar-refractivity contribution is -0.118. The number of carbonyl (C=O) groups excluding carboxylic acids is 1. The molecule has 0 radical (unpaired) electrons. The smallest absolute Gasteiger partial charge is 0.262 e. The van der Waals surface area contributed by atoms with Crippen molar-refractivity contribution in [2.45, 2.75) is 4.34 Å². The molecule has 1 heterocycles. The Balaban J connectivity index is 1.63. The maximum Gasteiger partial charge on any atom is 0.262 e. The van der Waals surface area contributed by atoms with Crippen molar-refractivity contribution in [1.82, 2.24) is 4.98 Å². The van der Waals surface area contributed by atoms with Gasteiger partial charge in [0, 0.05) is 11.8 Å². The van der Waals surface area contributed by atoms with E-state index in [0.29, 0.717) is 11.4 Å². The largest absolute Gasteiger partial charge is 0.484 e. The zero-order valence-electron chi connectivity index (χ0n) is 12.2. The van der Waals surface area contributed by atoms with Crippen LogP contribution in [0.1, 0.15) is 0 Å². The van der Waals surface area contributed by atoms with Crippen LogP contribution in [0.4, 0.5) is 10.1 Å². The fraction of sp³-hybridized carbons (Fsp3) is 0.125. The van der Waals surface area contributed by atoms with E-state index in [2.05, 4.69) is 10.3 Å². The molecule has 4 nitrogen and oxygen atoms in total. The molecule has 0 bridgehead atoms. The molecule has 7 heteroatoms. The van der Waals surface area contributed by atoms with E-state index in [1.54, 1.807) is 35.2 Å². The van der Waals surface area contributed by atoms with E-state index >= 15 is 0 Å². The van der Waals surface area contributed by atoms with Crippen molar-refractivity contribution in [3.05, 3.63) is 48.3 Å². The number of hydrogen-bond acceptors (Lipinski definition) is 5. The molecule has 0 aliphatic carbocycles. The Hall–Kier alpha value is -2.12. The average molecular weight is 348 g/mol. The van der Waals surface area contributed by atoms with Gasteiger partial charge in [-0.25, -0.2) is 9.37 Å². The topological polar surface area (TPSA) is 51.2 Å². The summed E-state index contributed by atoms with van der Waals surface area (Å²) in [5, 5.41) is 2.76. The maximum atomic E-state index is 13.0. The van der Waals surface area contributed by atoms with E-state index < -0.39 is 5.82 Å². The van der Waals surface area contributed by atoms with Gasteiger partial charge in [-0.2, -0.15) is 0 Å². The minimum atomic E-state index is -0.400. The fourth-order valence-corrected chi connectivity index (χ4v) is 3.50. The average Bonchev–Trinajstić information content (AvgIpc) is 2.95. The molecule has 3 rings (SSSR count). The van der Waals surface area contributed by atoms with E-state index in [1.165, 1.54) is 18.2 Å². The third-order valence-corrected chi connectivity index (χ3v) is 5.00. The number of ether oxygens (including phenoxy) is 1. The van der Waals surface area contributed by atoms with Crippen LogP contribution < -0.4 is 10.1 Å². The maximum absolute atomic E-state index is 13.0. The summed E-state index contributed by atoms with van der Waals surface area (Å²) in [6.45, 7) is -0.180. The number of nitrogens with zero attached hydrogens (tertiary/aromatic N) is 1. The van der Waals surface area contributed by atoms with E-state index in [-0.39, 0.29) is 12.5 Å². The Morgan fingerprint density at radius 2 is 2.22 bits per heavy atom. The van der Waals surface area contributed by atoms with Gasteiger partial charge in [-0.05, 0) is 36.6 Å². The van der Waals surface area contributed by atoms with Gasteiger partial charge in [0.1, 0.15) is 11.6 Å². The molecule has 0 unspecified atom stereocenters. The summed E-state index contributed by atoms with van der Waals surface area (Å²) in [7, 11) is 0. The SMILES string of the molecule is CSc1nc2ccc(NC(=O)COc3cccc(F)c3)cc2s1. The van der Waals surface area contributed by atoms with Crippen LogP contribution in [0.15, 0.2) is 46.8 Å². The molecule has 1 N–H and O–H groups in total. The van der Waals surface area contributed by atoms with Crippen LogP contribution in [0.25, 0.3) is 10.2 Å². The Kier molecular flexibility index (Phi) is 4.78. The van der Waals surface area contributed by atoms with Crippen molar-refractivity contribution in [2.24, 2.45) is 0 Å². The molecule has 0 aliphatic heterocycles. The third-order valence-electron chi connectivity index (χ3n) is 2.99. The first-order valence-corrected chi connectivity index (χ1v) is 8.81. The van der Waals surface area contributed by atoms with Crippen molar-refractivity contribution in [3.63, 3.8) is 0 Å². The van der Waals surface area contributed by atoms with Gasteiger partial charge in [0.15, 0.2) is 10.9 Å². The highest BCUT2D eigenvalue weighted by atomic mass is 32.2. The second-order valence-corrected chi connectivity index (χ2v) is 6.74. The second kappa shape index (κ2) is 6.97. The number of aromatic nitrogens is 1. The van der Waals surface area contributed by atoms with Crippen LogP contribution in [-0.2, 0) is 4.79 Å². The molecule has 3 aromatic rings. The Morgan fingerprint density at radius 1 is 1.35 bits per heavy atom. The summed E-state index contributed by atoms with van der Waals surface area (Å²) in [6, 6.07) is 11.2. The summed E-state index contributed by atoms with van der Waals surface area (Å²) in [4.78, 5) is 16.4. The van der Waals surface area contributed by atoms with Gasteiger partial charge in [-0.1, -0.05) is 17.8 Å². The Bertz CT molecular complexity index is 851. The van der Waals surface area contributed by atoms with Gasteiger partial charge in [-0.3, -0.25) is 4.79 Å². The molecule has 1 aromatic heterocycles. The van der Waals surface area contributed by atoms with Crippen molar-refractivity contribution in [1.29, 1.82) is 0 Å². The number of rotatable bonds is 5. The number of benzene rings is 2. The molecule has 0 saturated carbocycles. The summed E-state index contributed by atoms with van der Waals surface area (Å²) >= 11 is 3.17. The molecule has 0 saturated heterocycles. The van der Waals surface area contributed by atoms with Gasteiger partial charge in [0.25, 0.3) is 5.91 Å². The Morgan fingerprint density at radius 3 is 3.00 bits per heavy atom. The zero-order chi connectivity index (χ0) is 16.2. The molecule has 118 valence electrons. The number of nitrogens with one attached hydrogen (secondary N) is 1.